The monoisotopic (exact) mass is 236 g/mol. The predicted molar refractivity (Wildman–Crippen MR) is 69.8 cm³/mol. The summed E-state index contributed by atoms with van der Waals surface area (Å²) in [5.41, 5.74) is 0. The second kappa shape index (κ2) is 6.17. The summed E-state index contributed by atoms with van der Waals surface area (Å²) in [4.78, 5) is 6.89. The van der Waals surface area contributed by atoms with Gasteiger partial charge in [0.25, 0.3) is 0 Å². The van der Waals surface area contributed by atoms with E-state index in [9.17, 15) is 0 Å². The van der Waals surface area contributed by atoms with Crippen LogP contribution >= 0.6 is 0 Å². The molecule has 0 atom stereocenters. The minimum Gasteiger partial charge on any atom is -0.337 e. The van der Waals surface area contributed by atoms with Crippen molar-refractivity contribution in [3.63, 3.8) is 0 Å². The molecule has 1 aromatic heterocycles. The summed E-state index contributed by atoms with van der Waals surface area (Å²) in [6.07, 6.45) is 7.66. The van der Waals surface area contributed by atoms with Crippen LogP contribution in [0, 0.1) is 0 Å². The molecular weight excluding hydrogens is 212 g/mol. The van der Waals surface area contributed by atoms with Gasteiger partial charge in [0.15, 0.2) is 0 Å². The van der Waals surface area contributed by atoms with Crippen LogP contribution in [0.25, 0.3) is 0 Å². The Balaban J connectivity index is 1.74. The van der Waals surface area contributed by atoms with Crippen molar-refractivity contribution in [3.05, 3.63) is 18.2 Å². The maximum Gasteiger partial charge on any atom is 0.122 e. The Morgan fingerprint density at radius 1 is 1.41 bits per heavy atom. The fourth-order valence-electron chi connectivity index (χ4n) is 2.39. The lowest BCUT2D eigenvalue weighted by Crippen LogP contribution is -2.42. The van der Waals surface area contributed by atoms with Gasteiger partial charge in [0.1, 0.15) is 5.82 Å². The van der Waals surface area contributed by atoms with E-state index in [1.807, 2.05) is 12.4 Å². The van der Waals surface area contributed by atoms with Crippen LogP contribution in [0.5, 0.6) is 0 Å². The fourth-order valence-corrected chi connectivity index (χ4v) is 2.39. The third kappa shape index (κ3) is 3.54. The van der Waals surface area contributed by atoms with Crippen molar-refractivity contribution in [2.24, 2.45) is 7.05 Å². The average Bonchev–Trinajstić information content (AvgIpc) is 2.74. The number of aryl methyl sites for hydroxylation is 1. The number of piperidine rings is 1. The van der Waals surface area contributed by atoms with Crippen LogP contribution in [-0.4, -0.2) is 40.1 Å². The Hall–Kier alpha value is -0.870. The first kappa shape index (κ1) is 12.6. The summed E-state index contributed by atoms with van der Waals surface area (Å²) in [6, 6.07) is 0.729. The Bertz CT molecular complexity index is 326. The number of rotatable bonds is 5. The molecule has 4 heteroatoms. The lowest BCUT2D eigenvalue weighted by atomic mass is 10.1. The van der Waals surface area contributed by atoms with E-state index in [0.29, 0.717) is 0 Å². The number of imidazole rings is 1. The zero-order valence-corrected chi connectivity index (χ0v) is 11.0. The van der Waals surface area contributed by atoms with Crippen LogP contribution in [0.15, 0.2) is 12.4 Å². The minimum atomic E-state index is 0.729. The van der Waals surface area contributed by atoms with E-state index in [2.05, 4.69) is 33.7 Å². The third-order valence-electron chi connectivity index (χ3n) is 3.56. The molecule has 2 rings (SSSR count). The molecule has 1 fully saturated rings. The summed E-state index contributed by atoms with van der Waals surface area (Å²) < 4.78 is 2.11. The quantitative estimate of drug-likeness (QED) is 0.838. The Morgan fingerprint density at radius 3 is 2.76 bits per heavy atom. The second-order valence-electron chi connectivity index (χ2n) is 4.96. The fraction of sp³-hybridized carbons (Fsp3) is 0.769. The Morgan fingerprint density at radius 2 is 2.18 bits per heavy atom. The highest BCUT2D eigenvalue weighted by Gasteiger charge is 2.19. The molecule has 1 N–H and O–H groups in total. The van der Waals surface area contributed by atoms with Gasteiger partial charge in [-0.15, -0.1) is 0 Å². The van der Waals surface area contributed by atoms with E-state index in [1.54, 1.807) is 0 Å². The zero-order valence-electron chi connectivity index (χ0n) is 11.0. The molecule has 0 saturated carbocycles. The summed E-state index contributed by atoms with van der Waals surface area (Å²) in [5.74, 6) is 1.17. The van der Waals surface area contributed by atoms with Crippen molar-refractivity contribution in [3.8, 4) is 0 Å². The van der Waals surface area contributed by atoms with Crippen LogP contribution in [0.1, 0.15) is 32.0 Å². The van der Waals surface area contributed by atoms with Gasteiger partial charge in [0.2, 0.25) is 0 Å². The summed E-state index contributed by atoms with van der Waals surface area (Å²) >= 11 is 0. The standard InChI is InChI=1S/C13H24N4/c1-3-6-14-12-4-8-17(9-5-12)11-13-15-7-10-16(13)2/h7,10,12,14H,3-6,8-9,11H2,1-2H3. The number of nitrogens with zero attached hydrogens (tertiary/aromatic N) is 3. The molecule has 0 radical (unpaired) electrons. The molecule has 0 amide bonds. The lowest BCUT2D eigenvalue weighted by molar-refractivity contribution is 0.185. The molecule has 1 saturated heterocycles. The first-order valence-corrected chi connectivity index (χ1v) is 6.71. The first-order valence-electron chi connectivity index (χ1n) is 6.71. The molecule has 17 heavy (non-hydrogen) atoms. The van der Waals surface area contributed by atoms with Crippen molar-refractivity contribution >= 4 is 0 Å². The van der Waals surface area contributed by atoms with Crippen molar-refractivity contribution in [1.82, 2.24) is 19.8 Å². The topological polar surface area (TPSA) is 33.1 Å². The van der Waals surface area contributed by atoms with Crippen LogP contribution < -0.4 is 5.32 Å². The van der Waals surface area contributed by atoms with E-state index < -0.39 is 0 Å². The molecule has 0 spiro atoms. The molecule has 0 aromatic carbocycles. The highest BCUT2D eigenvalue weighted by Crippen LogP contribution is 2.12. The normalized spacial score (nSPS) is 18.7. The smallest absolute Gasteiger partial charge is 0.122 e. The second-order valence-corrected chi connectivity index (χ2v) is 4.96. The van der Waals surface area contributed by atoms with Gasteiger partial charge >= 0.3 is 0 Å². The summed E-state index contributed by atoms with van der Waals surface area (Å²) in [6.45, 7) is 6.75. The molecule has 0 aliphatic carbocycles. The number of hydrogen-bond acceptors (Lipinski definition) is 3. The van der Waals surface area contributed by atoms with E-state index >= 15 is 0 Å². The van der Waals surface area contributed by atoms with E-state index in [-0.39, 0.29) is 0 Å². The van der Waals surface area contributed by atoms with Gasteiger partial charge in [-0.2, -0.15) is 0 Å². The van der Waals surface area contributed by atoms with Crippen molar-refractivity contribution < 1.29 is 0 Å². The Kier molecular flexibility index (Phi) is 4.57. The van der Waals surface area contributed by atoms with Gasteiger partial charge in [0, 0.05) is 38.6 Å². The molecular formula is C13H24N4. The molecule has 1 aliphatic heterocycles. The molecule has 0 bridgehead atoms. The molecule has 0 unspecified atom stereocenters. The summed E-state index contributed by atoms with van der Waals surface area (Å²) in [5, 5.41) is 3.61. The van der Waals surface area contributed by atoms with Crippen molar-refractivity contribution in [1.29, 1.82) is 0 Å². The number of aromatic nitrogens is 2. The van der Waals surface area contributed by atoms with Crippen molar-refractivity contribution in [2.45, 2.75) is 38.8 Å². The van der Waals surface area contributed by atoms with Gasteiger partial charge in [-0.25, -0.2) is 4.98 Å². The maximum atomic E-state index is 4.38. The maximum absolute atomic E-state index is 4.38. The highest BCUT2D eigenvalue weighted by atomic mass is 15.2. The van der Waals surface area contributed by atoms with Gasteiger partial charge in [-0.05, 0) is 25.8 Å². The van der Waals surface area contributed by atoms with Gasteiger partial charge in [0.05, 0.1) is 6.54 Å². The Labute approximate surface area is 104 Å². The minimum absolute atomic E-state index is 0.729. The molecule has 1 aliphatic rings. The third-order valence-corrected chi connectivity index (χ3v) is 3.56. The highest BCUT2D eigenvalue weighted by molar-refractivity contribution is 4.92. The molecule has 4 nitrogen and oxygen atoms in total. The number of hydrogen-bond donors (Lipinski definition) is 1. The summed E-state index contributed by atoms with van der Waals surface area (Å²) in [7, 11) is 2.07. The molecule has 96 valence electrons. The van der Waals surface area contributed by atoms with Crippen molar-refractivity contribution in [2.75, 3.05) is 19.6 Å². The zero-order chi connectivity index (χ0) is 12.1. The van der Waals surface area contributed by atoms with Crippen LogP contribution in [0.4, 0.5) is 0 Å². The van der Waals surface area contributed by atoms with Crippen LogP contribution in [-0.2, 0) is 13.6 Å². The SMILES string of the molecule is CCCNC1CCN(Cc2nccn2C)CC1. The van der Waals surface area contributed by atoms with E-state index in [0.717, 1.165) is 19.1 Å². The van der Waals surface area contributed by atoms with Crippen LogP contribution in [0.2, 0.25) is 0 Å². The first-order chi connectivity index (χ1) is 8.29. The lowest BCUT2D eigenvalue weighted by Gasteiger charge is -2.32. The van der Waals surface area contributed by atoms with Gasteiger partial charge in [-0.1, -0.05) is 6.92 Å². The van der Waals surface area contributed by atoms with E-state index in [4.69, 9.17) is 0 Å². The van der Waals surface area contributed by atoms with Crippen LogP contribution in [0.3, 0.4) is 0 Å². The number of nitrogens with one attached hydrogen (secondary N) is 1. The van der Waals surface area contributed by atoms with Gasteiger partial charge < -0.3 is 9.88 Å². The van der Waals surface area contributed by atoms with E-state index in [1.165, 1.54) is 38.2 Å². The van der Waals surface area contributed by atoms with Gasteiger partial charge in [-0.3, -0.25) is 4.90 Å². The molecule has 2 heterocycles. The predicted octanol–water partition coefficient (Wildman–Crippen LogP) is 1.38. The molecule has 1 aromatic rings. The largest absolute Gasteiger partial charge is 0.337 e. The number of likely N-dealkylation sites (tertiary alicyclic amines) is 1. The average molecular weight is 236 g/mol.